The molecule has 4 heteroatoms. The number of benzene rings is 2. The lowest BCUT2D eigenvalue weighted by Gasteiger charge is -2.09. The van der Waals surface area contributed by atoms with Gasteiger partial charge in [0.15, 0.2) is 17.3 Å². The molecule has 4 nitrogen and oxygen atoms in total. The SMILES string of the molecule is COc1ccc(C(=O)CCc2ccccc2O)cc1OC. The van der Waals surface area contributed by atoms with Crippen molar-refractivity contribution >= 4 is 5.78 Å². The molecule has 2 aromatic carbocycles. The van der Waals surface area contributed by atoms with Crippen molar-refractivity contribution in [1.29, 1.82) is 0 Å². The van der Waals surface area contributed by atoms with Crippen LogP contribution < -0.4 is 9.47 Å². The zero-order valence-corrected chi connectivity index (χ0v) is 12.1. The van der Waals surface area contributed by atoms with Crippen molar-refractivity contribution in [3.05, 3.63) is 53.6 Å². The van der Waals surface area contributed by atoms with Gasteiger partial charge in [-0.1, -0.05) is 18.2 Å². The van der Waals surface area contributed by atoms with Crippen molar-refractivity contribution in [1.82, 2.24) is 0 Å². The van der Waals surface area contributed by atoms with Gasteiger partial charge >= 0.3 is 0 Å². The number of para-hydroxylation sites is 1. The number of carbonyl (C=O) groups is 1. The molecule has 0 fully saturated rings. The second-order valence-corrected chi connectivity index (χ2v) is 4.62. The molecule has 0 aliphatic carbocycles. The topological polar surface area (TPSA) is 55.8 Å². The summed E-state index contributed by atoms with van der Waals surface area (Å²) >= 11 is 0. The van der Waals surface area contributed by atoms with Crippen LogP contribution >= 0.6 is 0 Å². The number of aromatic hydroxyl groups is 1. The number of rotatable bonds is 6. The first-order valence-electron chi connectivity index (χ1n) is 6.67. The Labute approximate surface area is 123 Å². The molecule has 2 rings (SSSR count). The summed E-state index contributed by atoms with van der Waals surface area (Å²) in [6.07, 6.45) is 0.826. The number of phenolic OH excluding ortho intramolecular Hbond substituents is 1. The predicted molar refractivity (Wildman–Crippen MR) is 80.3 cm³/mol. The lowest BCUT2D eigenvalue weighted by molar-refractivity contribution is 0.0982. The zero-order valence-electron chi connectivity index (χ0n) is 12.1. The van der Waals surface area contributed by atoms with Crippen LogP contribution in [0, 0.1) is 0 Å². The molecule has 21 heavy (non-hydrogen) atoms. The van der Waals surface area contributed by atoms with Gasteiger partial charge in [-0.3, -0.25) is 4.79 Å². The van der Waals surface area contributed by atoms with Gasteiger partial charge in [0.1, 0.15) is 5.75 Å². The number of carbonyl (C=O) groups excluding carboxylic acids is 1. The van der Waals surface area contributed by atoms with Gasteiger partial charge in [-0.05, 0) is 36.2 Å². The first-order valence-corrected chi connectivity index (χ1v) is 6.67. The summed E-state index contributed by atoms with van der Waals surface area (Å²) < 4.78 is 10.3. The first-order chi connectivity index (χ1) is 10.2. The molecule has 0 bridgehead atoms. The standard InChI is InChI=1S/C17H18O4/c1-20-16-10-8-13(11-17(16)21-2)15(19)9-7-12-5-3-4-6-14(12)18/h3-6,8,10-11,18H,7,9H2,1-2H3. The average Bonchev–Trinajstić information content (AvgIpc) is 2.53. The molecule has 0 radical (unpaired) electrons. The largest absolute Gasteiger partial charge is 0.508 e. The summed E-state index contributed by atoms with van der Waals surface area (Å²) in [4.78, 5) is 12.2. The number of phenols is 1. The molecule has 2 aromatic rings. The summed E-state index contributed by atoms with van der Waals surface area (Å²) in [6.45, 7) is 0. The van der Waals surface area contributed by atoms with E-state index in [1.807, 2.05) is 12.1 Å². The normalized spacial score (nSPS) is 10.2. The molecule has 0 aliphatic heterocycles. The molecule has 0 spiro atoms. The monoisotopic (exact) mass is 286 g/mol. The molecular weight excluding hydrogens is 268 g/mol. The van der Waals surface area contributed by atoms with Crippen molar-refractivity contribution in [2.75, 3.05) is 14.2 Å². The third-order valence-electron chi connectivity index (χ3n) is 3.32. The lowest BCUT2D eigenvalue weighted by Crippen LogP contribution is -2.02. The highest BCUT2D eigenvalue weighted by Crippen LogP contribution is 2.28. The van der Waals surface area contributed by atoms with Gasteiger partial charge < -0.3 is 14.6 Å². The molecule has 1 N–H and O–H groups in total. The predicted octanol–water partition coefficient (Wildman–Crippen LogP) is 3.22. The maximum atomic E-state index is 12.2. The summed E-state index contributed by atoms with van der Waals surface area (Å²) in [7, 11) is 3.09. The van der Waals surface area contributed by atoms with E-state index < -0.39 is 0 Å². The van der Waals surface area contributed by atoms with E-state index in [9.17, 15) is 9.90 Å². The van der Waals surface area contributed by atoms with Gasteiger partial charge in [-0.2, -0.15) is 0 Å². The fraction of sp³-hybridized carbons (Fsp3) is 0.235. The summed E-state index contributed by atoms with van der Waals surface area (Å²) in [5.41, 5.74) is 1.34. The molecule has 0 heterocycles. The second kappa shape index (κ2) is 6.79. The Morgan fingerprint density at radius 1 is 1.05 bits per heavy atom. The third kappa shape index (κ3) is 3.54. The van der Waals surface area contributed by atoms with Gasteiger partial charge in [-0.15, -0.1) is 0 Å². The molecule has 0 unspecified atom stereocenters. The second-order valence-electron chi connectivity index (χ2n) is 4.62. The van der Waals surface area contributed by atoms with E-state index in [0.29, 0.717) is 29.9 Å². The lowest BCUT2D eigenvalue weighted by atomic mass is 10.0. The molecular formula is C17H18O4. The third-order valence-corrected chi connectivity index (χ3v) is 3.32. The Hall–Kier alpha value is -2.49. The minimum atomic E-state index is -0.000735. The van der Waals surface area contributed by atoms with Crippen LogP contribution in [0.1, 0.15) is 22.3 Å². The van der Waals surface area contributed by atoms with Crippen LogP contribution in [0.4, 0.5) is 0 Å². The Kier molecular flexibility index (Phi) is 4.82. The Bertz CT molecular complexity index is 634. The molecule has 0 atom stereocenters. The maximum Gasteiger partial charge on any atom is 0.163 e. The molecule has 110 valence electrons. The number of Topliss-reactive ketones (excluding diaryl/α,β-unsaturated/α-hetero) is 1. The van der Waals surface area contributed by atoms with Crippen molar-refractivity contribution in [3.63, 3.8) is 0 Å². The van der Waals surface area contributed by atoms with Crippen molar-refractivity contribution < 1.29 is 19.4 Å². The number of hydrogen-bond acceptors (Lipinski definition) is 4. The highest BCUT2D eigenvalue weighted by atomic mass is 16.5. The molecule has 0 aliphatic rings. The highest BCUT2D eigenvalue weighted by Gasteiger charge is 2.11. The molecule has 0 saturated heterocycles. The van der Waals surface area contributed by atoms with E-state index in [0.717, 1.165) is 5.56 Å². The average molecular weight is 286 g/mol. The van der Waals surface area contributed by atoms with Crippen LogP contribution in [0.15, 0.2) is 42.5 Å². The minimum Gasteiger partial charge on any atom is -0.508 e. The Morgan fingerprint density at radius 2 is 1.76 bits per heavy atom. The van der Waals surface area contributed by atoms with E-state index in [4.69, 9.17) is 9.47 Å². The summed E-state index contributed by atoms with van der Waals surface area (Å²) in [6, 6.07) is 12.1. The van der Waals surface area contributed by atoms with Crippen LogP contribution in [-0.4, -0.2) is 25.1 Å². The van der Waals surface area contributed by atoms with Gasteiger partial charge in [-0.25, -0.2) is 0 Å². The van der Waals surface area contributed by atoms with Crippen molar-refractivity contribution in [2.24, 2.45) is 0 Å². The molecule has 0 saturated carbocycles. The van der Waals surface area contributed by atoms with E-state index in [1.54, 1.807) is 37.4 Å². The first kappa shape index (κ1) is 14.9. The summed E-state index contributed by atoms with van der Waals surface area (Å²) in [5.74, 6) is 1.34. The molecule has 0 amide bonds. The van der Waals surface area contributed by atoms with E-state index in [2.05, 4.69) is 0 Å². The fourth-order valence-electron chi connectivity index (χ4n) is 2.12. The maximum absolute atomic E-state index is 12.2. The van der Waals surface area contributed by atoms with Gasteiger partial charge in [0.05, 0.1) is 14.2 Å². The van der Waals surface area contributed by atoms with Crippen LogP contribution in [0.2, 0.25) is 0 Å². The number of methoxy groups -OCH3 is 2. The number of hydrogen-bond donors (Lipinski definition) is 1. The Morgan fingerprint density at radius 3 is 2.43 bits per heavy atom. The van der Waals surface area contributed by atoms with Crippen molar-refractivity contribution in [3.8, 4) is 17.2 Å². The van der Waals surface area contributed by atoms with Crippen molar-refractivity contribution in [2.45, 2.75) is 12.8 Å². The minimum absolute atomic E-state index is 0.000735. The van der Waals surface area contributed by atoms with Gasteiger partial charge in [0.25, 0.3) is 0 Å². The fourth-order valence-corrected chi connectivity index (χ4v) is 2.12. The van der Waals surface area contributed by atoms with E-state index in [1.165, 1.54) is 7.11 Å². The Balaban J connectivity index is 2.09. The zero-order chi connectivity index (χ0) is 15.2. The van der Waals surface area contributed by atoms with Gasteiger partial charge in [0.2, 0.25) is 0 Å². The summed E-state index contributed by atoms with van der Waals surface area (Å²) in [5, 5.41) is 9.70. The number of ether oxygens (including phenoxy) is 2. The number of ketones is 1. The van der Waals surface area contributed by atoms with E-state index in [-0.39, 0.29) is 11.5 Å². The molecule has 0 aromatic heterocycles. The van der Waals surface area contributed by atoms with Gasteiger partial charge in [0, 0.05) is 12.0 Å². The smallest absolute Gasteiger partial charge is 0.163 e. The van der Waals surface area contributed by atoms with Crippen LogP contribution in [-0.2, 0) is 6.42 Å². The number of aryl methyl sites for hydroxylation is 1. The van der Waals surface area contributed by atoms with Crippen LogP contribution in [0.25, 0.3) is 0 Å². The van der Waals surface area contributed by atoms with E-state index >= 15 is 0 Å². The van der Waals surface area contributed by atoms with Crippen LogP contribution in [0.5, 0.6) is 17.2 Å². The highest BCUT2D eigenvalue weighted by molar-refractivity contribution is 5.96. The quantitative estimate of drug-likeness (QED) is 0.828. The van der Waals surface area contributed by atoms with Crippen LogP contribution in [0.3, 0.4) is 0 Å².